The van der Waals surface area contributed by atoms with E-state index in [4.69, 9.17) is 10.5 Å². The van der Waals surface area contributed by atoms with E-state index in [1.54, 1.807) is 13.2 Å². The Kier molecular flexibility index (Phi) is 4.34. The van der Waals surface area contributed by atoms with Gasteiger partial charge in [-0.25, -0.2) is 0 Å². The first-order chi connectivity index (χ1) is 8.58. The maximum Gasteiger partial charge on any atom is 0.122 e. The van der Waals surface area contributed by atoms with E-state index in [0.717, 1.165) is 21.6 Å². The van der Waals surface area contributed by atoms with Crippen molar-refractivity contribution < 1.29 is 4.74 Å². The lowest BCUT2D eigenvalue weighted by Gasteiger charge is -2.10. The van der Waals surface area contributed by atoms with Crippen molar-refractivity contribution in [2.24, 2.45) is 0 Å². The van der Waals surface area contributed by atoms with E-state index in [9.17, 15) is 0 Å². The van der Waals surface area contributed by atoms with Crippen LogP contribution in [-0.2, 0) is 0 Å². The third-order valence-electron chi connectivity index (χ3n) is 2.37. The molecule has 3 N–H and O–H groups in total. The molecule has 0 radical (unpaired) electrons. The number of hydrogen-bond acceptors (Lipinski definition) is 3. The van der Waals surface area contributed by atoms with Crippen LogP contribution in [0.5, 0.6) is 5.75 Å². The molecule has 0 aliphatic rings. The number of rotatable bonds is 3. The Hall–Kier alpha value is -0.950. The van der Waals surface area contributed by atoms with Gasteiger partial charge in [-0.3, -0.25) is 0 Å². The highest BCUT2D eigenvalue weighted by Crippen LogP contribution is 2.28. The summed E-state index contributed by atoms with van der Waals surface area (Å²) >= 11 is 5.78. The van der Waals surface area contributed by atoms with Crippen LogP contribution in [0.1, 0.15) is 0 Å². The van der Waals surface area contributed by atoms with Gasteiger partial charge < -0.3 is 15.8 Å². The number of methoxy groups -OCH3 is 1. The first kappa shape index (κ1) is 13.5. The first-order valence-electron chi connectivity index (χ1n) is 5.25. The number of benzene rings is 2. The van der Waals surface area contributed by atoms with Crippen molar-refractivity contribution in [3.63, 3.8) is 0 Å². The van der Waals surface area contributed by atoms with Gasteiger partial charge in [0.25, 0.3) is 0 Å². The lowest BCUT2D eigenvalue weighted by Crippen LogP contribution is -1.94. The fourth-order valence-electron chi connectivity index (χ4n) is 1.55. The number of nitrogen functional groups attached to an aromatic ring is 1. The van der Waals surface area contributed by atoms with Crippen LogP contribution in [0.15, 0.2) is 40.9 Å². The van der Waals surface area contributed by atoms with Crippen molar-refractivity contribution in [3.05, 3.63) is 44.4 Å². The van der Waals surface area contributed by atoms with Crippen LogP contribution in [0.2, 0.25) is 0 Å². The largest absolute Gasteiger partial charge is 0.497 e. The molecular formula is C13H12BrIN2O. The average Bonchev–Trinajstić information content (AvgIpc) is 2.33. The fourth-order valence-corrected chi connectivity index (χ4v) is 2.27. The zero-order valence-corrected chi connectivity index (χ0v) is 13.4. The van der Waals surface area contributed by atoms with Gasteiger partial charge in [-0.05, 0) is 62.8 Å². The highest BCUT2D eigenvalue weighted by atomic mass is 127. The molecule has 0 saturated heterocycles. The Bertz CT molecular complexity index is 575. The van der Waals surface area contributed by atoms with Gasteiger partial charge in [0.15, 0.2) is 0 Å². The predicted molar refractivity (Wildman–Crippen MR) is 87.5 cm³/mol. The third-order valence-corrected chi connectivity index (χ3v) is 4.71. The van der Waals surface area contributed by atoms with Crippen LogP contribution in [0.4, 0.5) is 17.1 Å². The highest BCUT2D eigenvalue weighted by Gasteiger charge is 2.02. The molecule has 3 nitrogen and oxygen atoms in total. The van der Waals surface area contributed by atoms with Crippen LogP contribution >= 0.6 is 38.5 Å². The maximum absolute atomic E-state index is 5.81. The van der Waals surface area contributed by atoms with Gasteiger partial charge in [0, 0.05) is 37.2 Å². The topological polar surface area (TPSA) is 47.3 Å². The Labute approximate surface area is 128 Å². The van der Waals surface area contributed by atoms with Crippen LogP contribution in [0, 0.1) is 3.57 Å². The van der Waals surface area contributed by atoms with Gasteiger partial charge in [0.2, 0.25) is 0 Å². The Balaban J connectivity index is 2.27. The number of halogens is 2. The van der Waals surface area contributed by atoms with Crippen molar-refractivity contribution in [2.45, 2.75) is 0 Å². The molecule has 0 atom stereocenters. The SMILES string of the molecule is COc1cc(N)cc(Nc2ccc(I)c(Br)c2)c1. The highest BCUT2D eigenvalue weighted by molar-refractivity contribution is 14.1. The van der Waals surface area contributed by atoms with Gasteiger partial charge in [0.05, 0.1) is 7.11 Å². The van der Waals surface area contributed by atoms with Gasteiger partial charge in [-0.1, -0.05) is 0 Å². The van der Waals surface area contributed by atoms with Gasteiger partial charge in [-0.15, -0.1) is 0 Å². The monoisotopic (exact) mass is 418 g/mol. The summed E-state index contributed by atoms with van der Waals surface area (Å²) in [5.74, 6) is 0.738. The van der Waals surface area contributed by atoms with Gasteiger partial charge >= 0.3 is 0 Å². The molecule has 0 spiro atoms. The van der Waals surface area contributed by atoms with E-state index in [1.807, 2.05) is 30.3 Å². The van der Waals surface area contributed by atoms with E-state index < -0.39 is 0 Å². The lowest BCUT2D eigenvalue weighted by molar-refractivity contribution is 0.415. The molecule has 0 amide bonds. The zero-order chi connectivity index (χ0) is 13.1. The summed E-state index contributed by atoms with van der Waals surface area (Å²) in [7, 11) is 1.63. The summed E-state index contributed by atoms with van der Waals surface area (Å²) in [6.45, 7) is 0. The van der Waals surface area contributed by atoms with Crippen LogP contribution in [0.3, 0.4) is 0 Å². The molecule has 0 aromatic heterocycles. The number of nitrogens with one attached hydrogen (secondary N) is 1. The number of ether oxygens (including phenoxy) is 1. The number of hydrogen-bond donors (Lipinski definition) is 2. The van der Waals surface area contributed by atoms with E-state index in [0.29, 0.717) is 5.69 Å². The molecule has 0 bridgehead atoms. The standard InChI is InChI=1S/C13H12BrIN2O/c1-18-11-5-8(16)4-10(6-11)17-9-2-3-13(15)12(14)7-9/h2-7,17H,16H2,1H3. The second kappa shape index (κ2) is 5.79. The quantitative estimate of drug-likeness (QED) is 0.574. The maximum atomic E-state index is 5.81. The molecule has 2 aromatic rings. The van der Waals surface area contributed by atoms with E-state index >= 15 is 0 Å². The molecule has 0 saturated carbocycles. The summed E-state index contributed by atoms with van der Waals surface area (Å²) in [6.07, 6.45) is 0. The Morgan fingerprint density at radius 3 is 2.61 bits per heavy atom. The zero-order valence-electron chi connectivity index (χ0n) is 9.71. The van der Waals surface area contributed by atoms with E-state index in [1.165, 1.54) is 3.57 Å². The minimum Gasteiger partial charge on any atom is -0.497 e. The van der Waals surface area contributed by atoms with Crippen molar-refractivity contribution in [2.75, 3.05) is 18.2 Å². The Morgan fingerprint density at radius 2 is 1.94 bits per heavy atom. The van der Waals surface area contributed by atoms with E-state index in [2.05, 4.69) is 43.8 Å². The van der Waals surface area contributed by atoms with Crippen LogP contribution < -0.4 is 15.8 Å². The summed E-state index contributed by atoms with van der Waals surface area (Å²) in [6, 6.07) is 11.6. The summed E-state index contributed by atoms with van der Waals surface area (Å²) in [5, 5.41) is 3.29. The molecule has 2 rings (SSSR count). The number of anilines is 3. The second-order valence-corrected chi connectivity index (χ2v) is 5.77. The van der Waals surface area contributed by atoms with Crippen LogP contribution in [-0.4, -0.2) is 7.11 Å². The minimum atomic E-state index is 0.668. The summed E-state index contributed by atoms with van der Waals surface area (Å²) < 4.78 is 7.41. The molecule has 0 unspecified atom stereocenters. The predicted octanol–water partition coefficient (Wildman–Crippen LogP) is 4.39. The lowest BCUT2D eigenvalue weighted by atomic mass is 10.2. The fraction of sp³-hybridized carbons (Fsp3) is 0.0769. The van der Waals surface area contributed by atoms with Gasteiger partial charge in [0.1, 0.15) is 5.75 Å². The molecule has 18 heavy (non-hydrogen) atoms. The molecule has 2 aromatic carbocycles. The van der Waals surface area contributed by atoms with Crippen LogP contribution in [0.25, 0.3) is 0 Å². The van der Waals surface area contributed by atoms with Crippen molar-refractivity contribution in [1.82, 2.24) is 0 Å². The van der Waals surface area contributed by atoms with Crippen molar-refractivity contribution in [1.29, 1.82) is 0 Å². The average molecular weight is 419 g/mol. The normalized spacial score (nSPS) is 10.2. The molecule has 0 aliphatic carbocycles. The van der Waals surface area contributed by atoms with E-state index in [-0.39, 0.29) is 0 Å². The van der Waals surface area contributed by atoms with Gasteiger partial charge in [-0.2, -0.15) is 0 Å². The molecular weight excluding hydrogens is 407 g/mol. The molecule has 0 heterocycles. The molecule has 94 valence electrons. The molecule has 0 fully saturated rings. The third kappa shape index (κ3) is 3.29. The minimum absolute atomic E-state index is 0.668. The smallest absolute Gasteiger partial charge is 0.122 e. The van der Waals surface area contributed by atoms with Crippen molar-refractivity contribution in [3.8, 4) is 5.75 Å². The summed E-state index contributed by atoms with van der Waals surface area (Å²) in [5.41, 5.74) is 8.38. The molecule has 5 heteroatoms. The Morgan fingerprint density at radius 1 is 1.17 bits per heavy atom. The molecule has 0 aliphatic heterocycles. The summed E-state index contributed by atoms with van der Waals surface area (Å²) in [4.78, 5) is 0. The van der Waals surface area contributed by atoms with Crippen molar-refractivity contribution >= 4 is 55.6 Å². The number of nitrogens with two attached hydrogens (primary N) is 1. The second-order valence-electron chi connectivity index (χ2n) is 3.75. The first-order valence-corrected chi connectivity index (χ1v) is 7.12.